The van der Waals surface area contributed by atoms with E-state index in [1.54, 1.807) is 6.07 Å². The van der Waals surface area contributed by atoms with Crippen molar-refractivity contribution < 1.29 is 4.79 Å². The molecular formula is C14H21N3O. The molecule has 0 unspecified atom stereocenters. The Hall–Kier alpha value is -1.58. The maximum atomic E-state index is 12.1. The van der Waals surface area contributed by atoms with Gasteiger partial charge in [-0.2, -0.15) is 0 Å². The van der Waals surface area contributed by atoms with Crippen LogP contribution in [0.5, 0.6) is 0 Å². The zero-order valence-corrected chi connectivity index (χ0v) is 11.1. The number of aromatic nitrogens is 1. The van der Waals surface area contributed by atoms with Gasteiger partial charge in [-0.25, -0.2) is 4.98 Å². The van der Waals surface area contributed by atoms with Crippen LogP contribution in [0.2, 0.25) is 0 Å². The summed E-state index contributed by atoms with van der Waals surface area (Å²) in [5.74, 6) is 1.41. The van der Waals surface area contributed by atoms with Gasteiger partial charge in [0.1, 0.15) is 5.82 Å². The van der Waals surface area contributed by atoms with Crippen molar-refractivity contribution in [2.45, 2.75) is 32.6 Å². The Balaban J connectivity index is 1.97. The van der Waals surface area contributed by atoms with Gasteiger partial charge in [0, 0.05) is 24.8 Å². The smallest absolute Gasteiger partial charge is 0.251 e. The van der Waals surface area contributed by atoms with Crippen molar-refractivity contribution in [2.75, 3.05) is 18.9 Å². The summed E-state index contributed by atoms with van der Waals surface area (Å²) in [5, 5.41) is 5.99. The number of amides is 1. The highest BCUT2D eigenvalue weighted by molar-refractivity contribution is 5.95. The van der Waals surface area contributed by atoms with Crippen molar-refractivity contribution in [3.8, 4) is 0 Å². The lowest BCUT2D eigenvalue weighted by Gasteiger charge is -2.11. The summed E-state index contributed by atoms with van der Waals surface area (Å²) in [7, 11) is 1.81. The molecular weight excluding hydrogens is 226 g/mol. The average molecular weight is 247 g/mol. The van der Waals surface area contributed by atoms with Crippen LogP contribution in [0.1, 0.15) is 41.7 Å². The van der Waals surface area contributed by atoms with Crippen molar-refractivity contribution in [1.29, 1.82) is 0 Å². The molecule has 1 aliphatic carbocycles. The van der Waals surface area contributed by atoms with Crippen LogP contribution >= 0.6 is 0 Å². The van der Waals surface area contributed by atoms with Crippen molar-refractivity contribution in [3.05, 3.63) is 23.4 Å². The first-order chi connectivity index (χ1) is 8.69. The van der Waals surface area contributed by atoms with Gasteiger partial charge in [-0.1, -0.05) is 12.8 Å². The summed E-state index contributed by atoms with van der Waals surface area (Å²) >= 11 is 0. The molecule has 1 aromatic heterocycles. The summed E-state index contributed by atoms with van der Waals surface area (Å²) in [5.41, 5.74) is 1.54. The van der Waals surface area contributed by atoms with Gasteiger partial charge in [-0.3, -0.25) is 4.79 Å². The molecule has 0 aliphatic heterocycles. The highest BCUT2D eigenvalue weighted by atomic mass is 16.1. The third kappa shape index (κ3) is 3.22. The van der Waals surface area contributed by atoms with Crippen LogP contribution in [0.3, 0.4) is 0 Å². The Kier molecular flexibility index (Phi) is 4.18. The lowest BCUT2D eigenvalue weighted by molar-refractivity contribution is 0.0947. The number of rotatable bonds is 4. The van der Waals surface area contributed by atoms with Crippen LogP contribution in [0.25, 0.3) is 0 Å². The molecule has 1 fully saturated rings. The third-order valence-corrected chi connectivity index (χ3v) is 3.50. The van der Waals surface area contributed by atoms with Crippen molar-refractivity contribution in [1.82, 2.24) is 10.3 Å². The number of nitrogens with one attached hydrogen (secondary N) is 2. The SMILES string of the molecule is CNc1cc(C(=O)NCC2CCCC2)cc(C)n1. The molecule has 1 heterocycles. The van der Waals surface area contributed by atoms with Gasteiger partial charge in [0.2, 0.25) is 0 Å². The Morgan fingerprint density at radius 3 is 2.78 bits per heavy atom. The van der Waals surface area contributed by atoms with Gasteiger partial charge < -0.3 is 10.6 Å². The van der Waals surface area contributed by atoms with Gasteiger partial charge in [0.15, 0.2) is 0 Å². The van der Waals surface area contributed by atoms with Crippen LogP contribution in [0.4, 0.5) is 5.82 Å². The van der Waals surface area contributed by atoms with Crippen LogP contribution in [-0.2, 0) is 0 Å². The first kappa shape index (κ1) is 12.9. The summed E-state index contributed by atoms with van der Waals surface area (Å²) in [6, 6.07) is 3.61. The lowest BCUT2D eigenvalue weighted by atomic mass is 10.1. The van der Waals surface area contributed by atoms with E-state index in [0.29, 0.717) is 11.5 Å². The standard InChI is InChI=1S/C14H21N3O/c1-10-7-12(8-13(15-2)17-10)14(18)16-9-11-5-3-4-6-11/h7-8,11H,3-6,9H2,1-2H3,(H,15,17)(H,16,18). The Bertz CT molecular complexity index is 425. The van der Waals surface area contributed by atoms with E-state index >= 15 is 0 Å². The molecule has 0 spiro atoms. The van der Waals surface area contributed by atoms with E-state index in [-0.39, 0.29) is 5.91 Å². The second kappa shape index (κ2) is 5.85. The molecule has 4 heteroatoms. The first-order valence-electron chi connectivity index (χ1n) is 6.63. The van der Waals surface area contributed by atoms with E-state index in [4.69, 9.17) is 0 Å². The highest BCUT2D eigenvalue weighted by Crippen LogP contribution is 2.23. The highest BCUT2D eigenvalue weighted by Gasteiger charge is 2.16. The minimum absolute atomic E-state index is 0.00361. The second-order valence-electron chi connectivity index (χ2n) is 4.99. The number of hydrogen-bond donors (Lipinski definition) is 2. The molecule has 98 valence electrons. The number of anilines is 1. The third-order valence-electron chi connectivity index (χ3n) is 3.50. The predicted molar refractivity (Wildman–Crippen MR) is 72.8 cm³/mol. The quantitative estimate of drug-likeness (QED) is 0.858. The molecule has 1 aliphatic rings. The van der Waals surface area contributed by atoms with Gasteiger partial charge in [-0.05, 0) is 37.8 Å². The van der Waals surface area contributed by atoms with Crippen molar-refractivity contribution in [3.63, 3.8) is 0 Å². The average Bonchev–Trinajstić information content (AvgIpc) is 2.88. The summed E-state index contributed by atoms with van der Waals surface area (Å²) in [4.78, 5) is 16.3. The number of pyridine rings is 1. The fraction of sp³-hybridized carbons (Fsp3) is 0.571. The number of carbonyl (C=O) groups excluding carboxylic acids is 1. The molecule has 1 amide bonds. The van der Waals surface area contributed by atoms with E-state index < -0.39 is 0 Å². The van der Waals surface area contributed by atoms with E-state index in [1.165, 1.54) is 25.7 Å². The molecule has 2 rings (SSSR count). The molecule has 4 nitrogen and oxygen atoms in total. The molecule has 0 aromatic carbocycles. The molecule has 0 atom stereocenters. The largest absolute Gasteiger partial charge is 0.373 e. The van der Waals surface area contributed by atoms with Crippen LogP contribution in [-0.4, -0.2) is 24.5 Å². The van der Waals surface area contributed by atoms with Gasteiger partial charge in [0.05, 0.1) is 0 Å². The molecule has 0 radical (unpaired) electrons. The maximum Gasteiger partial charge on any atom is 0.251 e. The van der Waals surface area contributed by atoms with E-state index in [1.807, 2.05) is 20.0 Å². The summed E-state index contributed by atoms with van der Waals surface area (Å²) in [6.07, 6.45) is 5.10. The fourth-order valence-corrected chi connectivity index (χ4v) is 2.48. The first-order valence-corrected chi connectivity index (χ1v) is 6.63. The van der Waals surface area contributed by atoms with E-state index in [2.05, 4.69) is 15.6 Å². The second-order valence-corrected chi connectivity index (χ2v) is 4.99. The van der Waals surface area contributed by atoms with Gasteiger partial charge >= 0.3 is 0 Å². The topological polar surface area (TPSA) is 54.0 Å². The maximum absolute atomic E-state index is 12.1. The Morgan fingerprint density at radius 2 is 2.11 bits per heavy atom. The van der Waals surface area contributed by atoms with Crippen LogP contribution in [0, 0.1) is 12.8 Å². The molecule has 18 heavy (non-hydrogen) atoms. The molecule has 0 saturated heterocycles. The van der Waals surface area contributed by atoms with Crippen molar-refractivity contribution >= 4 is 11.7 Å². The van der Waals surface area contributed by atoms with E-state index in [9.17, 15) is 4.79 Å². The Labute approximate surface area is 108 Å². The fourth-order valence-electron chi connectivity index (χ4n) is 2.48. The van der Waals surface area contributed by atoms with Crippen LogP contribution < -0.4 is 10.6 Å². The zero-order chi connectivity index (χ0) is 13.0. The van der Waals surface area contributed by atoms with Gasteiger partial charge in [-0.15, -0.1) is 0 Å². The minimum atomic E-state index is 0.00361. The van der Waals surface area contributed by atoms with E-state index in [0.717, 1.165) is 18.1 Å². The minimum Gasteiger partial charge on any atom is -0.373 e. The number of aryl methyl sites for hydroxylation is 1. The molecule has 1 aromatic rings. The molecule has 1 saturated carbocycles. The summed E-state index contributed by atoms with van der Waals surface area (Å²) in [6.45, 7) is 2.70. The number of carbonyl (C=O) groups is 1. The molecule has 2 N–H and O–H groups in total. The normalized spacial score (nSPS) is 15.7. The number of nitrogens with zero attached hydrogens (tertiary/aromatic N) is 1. The lowest BCUT2D eigenvalue weighted by Crippen LogP contribution is -2.28. The summed E-state index contributed by atoms with van der Waals surface area (Å²) < 4.78 is 0. The number of hydrogen-bond acceptors (Lipinski definition) is 3. The monoisotopic (exact) mass is 247 g/mol. The van der Waals surface area contributed by atoms with Crippen LogP contribution in [0.15, 0.2) is 12.1 Å². The predicted octanol–water partition coefficient (Wildman–Crippen LogP) is 2.35. The zero-order valence-electron chi connectivity index (χ0n) is 11.1. The van der Waals surface area contributed by atoms with Gasteiger partial charge in [0.25, 0.3) is 5.91 Å². The molecule has 0 bridgehead atoms. The Morgan fingerprint density at radius 1 is 1.39 bits per heavy atom. The van der Waals surface area contributed by atoms with Crippen molar-refractivity contribution in [2.24, 2.45) is 5.92 Å².